The van der Waals surface area contributed by atoms with E-state index in [2.05, 4.69) is 44.4 Å². The standard InChI is InChI=1S/C14H16BrN3OS/c1-9(10-6-16-7-10)14-17-13(18-19-14)8-20-12-5-3-2-4-11(12)15/h2-5,9-10,16H,6-8H2,1H3. The van der Waals surface area contributed by atoms with Gasteiger partial charge >= 0.3 is 0 Å². The lowest BCUT2D eigenvalue weighted by Gasteiger charge is -2.30. The van der Waals surface area contributed by atoms with Crippen LogP contribution in [0, 0.1) is 5.92 Å². The van der Waals surface area contributed by atoms with Crippen LogP contribution in [0.25, 0.3) is 0 Å². The minimum atomic E-state index is 0.339. The van der Waals surface area contributed by atoms with Gasteiger partial charge in [-0.1, -0.05) is 24.2 Å². The quantitative estimate of drug-likeness (QED) is 0.834. The largest absolute Gasteiger partial charge is 0.339 e. The molecular weight excluding hydrogens is 338 g/mol. The molecule has 0 amide bonds. The molecule has 0 bridgehead atoms. The molecule has 2 heterocycles. The van der Waals surface area contributed by atoms with E-state index in [0.717, 1.165) is 35.0 Å². The number of nitrogens with zero attached hydrogens (tertiary/aromatic N) is 2. The highest BCUT2D eigenvalue weighted by Gasteiger charge is 2.28. The van der Waals surface area contributed by atoms with Crippen LogP contribution >= 0.6 is 27.7 Å². The molecule has 1 aromatic heterocycles. The Morgan fingerprint density at radius 1 is 1.45 bits per heavy atom. The molecule has 2 aromatic rings. The Morgan fingerprint density at radius 2 is 2.25 bits per heavy atom. The summed E-state index contributed by atoms with van der Waals surface area (Å²) in [6, 6.07) is 8.16. The maximum absolute atomic E-state index is 5.39. The summed E-state index contributed by atoms with van der Waals surface area (Å²) in [6.07, 6.45) is 0. The van der Waals surface area contributed by atoms with Gasteiger partial charge in [-0.05, 0) is 47.1 Å². The molecule has 0 spiro atoms. The van der Waals surface area contributed by atoms with Gasteiger partial charge in [0, 0.05) is 15.3 Å². The summed E-state index contributed by atoms with van der Waals surface area (Å²) in [5.41, 5.74) is 0. The van der Waals surface area contributed by atoms with Crippen molar-refractivity contribution in [2.75, 3.05) is 13.1 Å². The van der Waals surface area contributed by atoms with Gasteiger partial charge in [-0.25, -0.2) is 0 Å². The van der Waals surface area contributed by atoms with Crippen molar-refractivity contribution in [3.63, 3.8) is 0 Å². The summed E-state index contributed by atoms with van der Waals surface area (Å²) in [7, 11) is 0. The van der Waals surface area contributed by atoms with E-state index in [0.29, 0.717) is 11.8 Å². The first-order chi connectivity index (χ1) is 9.74. The number of hydrogen-bond acceptors (Lipinski definition) is 5. The number of halogens is 1. The van der Waals surface area contributed by atoms with Gasteiger partial charge in [-0.3, -0.25) is 0 Å². The summed E-state index contributed by atoms with van der Waals surface area (Å²) in [5.74, 6) is 3.21. The van der Waals surface area contributed by atoms with Crippen LogP contribution in [0.1, 0.15) is 24.6 Å². The Kier molecular flexibility index (Phi) is 4.43. The zero-order chi connectivity index (χ0) is 13.9. The molecule has 1 saturated heterocycles. The number of benzene rings is 1. The van der Waals surface area contributed by atoms with Gasteiger partial charge in [0.25, 0.3) is 0 Å². The van der Waals surface area contributed by atoms with Crippen LogP contribution in [-0.2, 0) is 5.75 Å². The van der Waals surface area contributed by atoms with Crippen LogP contribution < -0.4 is 5.32 Å². The molecule has 1 aliphatic heterocycles. The van der Waals surface area contributed by atoms with Crippen LogP contribution in [0.3, 0.4) is 0 Å². The topological polar surface area (TPSA) is 51.0 Å². The lowest BCUT2D eigenvalue weighted by atomic mass is 9.89. The first-order valence-corrected chi connectivity index (χ1v) is 8.42. The second kappa shape index (κ2) is 6.28. The second-order valence-electron chi connectivity index (χ2n) is 4.97. The Hall–Kier alpha value is -0.850. The number of rotatable bonds is 5. The first-order valence-electron chi connectivity index (χ1n) is 6.64. The van der Waals surface area contributed by atoms with Gasteiger partial charge in [-0.2, -0.15) is 4.98 Å². The second-order valence-corrected chi connectivity index (χ2v) is 6.85. The fourth-order valence-electron chi connectivity index (χ4n) is 2.08. The Morgan fingerprint density at radius 3 is 2.95 bits per heavy atom. The highest BCUT2D eigenvalue weighted by molar-refractivity contribution is 9.10. The number of nitrogens with one attached hydrogen (secondary N) is 1. The highest BCUT2D eigenvalue weighted by Crippen LogP contribution is 2.30. The van der Waals surface area contributed by atoms with Crippen LogP contribution in [0.5, 0.6) is 0 Å². The predicted octanol–water partition coefficient (Wildman–Crippen LogP) is 3.45. The third kappa shape index (κ3) is 3.07. The summed E-state index contributed by atoms with van der Waals surface area (Å²) in [6.45, 7) is 4.25. The van der Waals surface area contributed by atoms with E-state index in [-0.39, 0.29) is 0 Å². The maximum Gasteiger partial charge on any atom is 0.229 e. The van der Waals surface area contributed by atoms with Gasteiger partial charge in [-0.15, -0.1) is 11.8 Å². The van der Waals surface area contributed by atoms with Crippen LogP contribution in [0.2, 0.25) is 0 Å². The SMILES string of the molecule is CC(c1nc(CSc2ccccc2Br)no1)C1CNC1. The van der Waals surface area contributed by atoms with E-state index in [1.165, 1.54) is 4.90 Å². The van der Waals surface area contributed by atoms with Crippen molar-refractivity contribution >= 4 is 27.7 Å². The summed E-state index contributed by atoms with van der Waals surface area (Å²) in [5, 5.41) is 7.35. The minimum Gasteiger partial charge on any atom is -0.339 e. The number of aromatic nitrogens is 2. The molecule has 0 saturated carbocycles. The van der Waals surface area contributed by atoms with Gasteiger partial charge in [0.2, 0.25) is 5.89 Å². The van der Waals surface area contributed by atoms with Crippen molar-refractivity contribution in [3.05, 3.63) is 40.5 Å². The molecule has 20 heavy (non-hydrogen) atoms. The third-order valence-corrected chi connectivity index (χ3v) is 5.61. The Bertz CT molecular complexity index is 585. The molecule has 106 valence electrons. The number of hydrogen-bond donors (Lipinski definition) is 1. The highest BCUT2D eigenvalue weighted by atomic mass is 79.9. The molecule has 4 nitrogen and oxygen atoms in total. The minimum absolute atomic E-state index is 0.339. The zero-order valence-corrected chi connectivity index (χ0v) is 13.6. The van der Waals surface area contributed by atoms with Gasteiger partial charge < -0.3 is 9.84 Å². The molecule has 1 atom stereocenters. The molecule has 1 fully saturated rings. The van der Waals surface area contributed by atoms with Crippen molar-refractivity contribution in [2.24, 2.45) is 5.92 Å². The summed E-state index contributed by atoms with van der Waals surface area (Å²) < 4.78 is 6.49. The van der Waals surface area contributed by atoms with Crippen molar-refractivity contribution in [1.29, 1.82) is 0 Å². The Labute approximate surface area is 130 Å². The van der Waals surface area contributed by atoms with E-state index in [9.17, 15) is 0 Å². The smallest absolute Gasteiger partial charge is 0.229 e. The number of thioether (sulfide) groups is 1. The molecule has 3 rings (SSSR count). The first kappa shape index (κ1) is 14.1. The fourth-order valence-corrected chi connectivity index (χ4v) is 3.49. The lowest BCUT2D eigenvalue weighted by Crippen LogP contribution is -2.44. The summed E-state index contributed by atoms with van der Waals surface area (Å²) >= 11 is 5.25. The van der Waals surface area contributed by atoms with E-state index < -0.39 is 0 Å². The van der Waals surface area contributed by atoms with Crippen LogP contribution in [0.15, 0.2) is 38.2 Å². The molecule has 1 unspecified atom stereocenters. The molecule has 1 aromatic carbocycles. The maximum atomic E-state index is 5.39. The van der Waals surface area contributed by atoms with E-state index in [1.54, 1.807) is 11.8 Å². The van der Waals surface area contributed by atoms with Gasteiger partial charge in [0.1, 0.15) is 0 Å². The van der Waals surface area contributed by atoms with Crippen LogP contribution in [0.4, 0.5) is 0 Å². The van der Waals surface area contributed by atoms with E-state index in [1.807, 2.05) is 18.2 Å². The lowest BCUT2D eigenvalue weighted by molar-refractivity contribution is 0.252. The van der Waals surface area contributed by atoms with Crippen molar-refractivity contribution in [2.45, 2.75) is 23.5 Å². The van der Waals surface area contributed by atoms with E-state index >= 15 is 0 Å². The fraction of sp³-hybridized carbons (Fsp3) is 0.429. The summed E-state index contributed by atoms with van der Waals surface area (Å²) in [4.78, 5) is 5.71. The van der Waals surface area contributed by atoms with Crippen molar-refractivity contribution in [1.82, 2.24) is 15.5 Å². The molecule has 0 aliphatic carbocycles. The van der Waals surface area contributed by atoms with Gasteiger partial charge in [0.15, 0.2) is 5.82 Å². The molecular formula is C14H16BrN3OS. The third-order valence-electron chi connectivity index (χ3n) is 3.59. The molecule has 6 heteroatoms. The predicted molar refractivity (Wildman–Crippen MR) is 82.8 cm³/mol. The van der Waals surface area contributed by atoms with Gasteiger partial charge in [0.05, 0.1) is 5.75 Å². The molecule has 1 aliphatic rings. The monoisotopic (exact) mass is 353 g/mol. The Balaban J connectivity index is 1.61. The van der Waals surface area contributed by atoms with Crippen molar-refractivity contribution < 1.29 is 4.52 Å². The average molecular weight is 354 g/mol. The molecule has 0 radical (unpaired) electrons. The normalized spacial score (nSPS) is 16.9. The average Bonchev–Trinajstić information content (AvgIpc) is 2.84. The molecule has 1 N–H and O–H groups in total. The van der Waals surface area contributed by atoms with Crippen LogP contribution in [-0.4, -0.2) is 23.2 Å². The zero-order valence-electron chi connectivity index (χ0n) is 11.2. The van der Waals surface area contributed by atoms with E-state index in [4.69, 9.17) is 4.52 Å². The van der Waals surface area contributed by atoms with Crippen molar-refractivity contribution in [3.8, 4) is 0 Å².